The molecule has 0 saturated heterocycles. The van der Waals surface area contributed by atoms with Gasteiger partial charge in [-0.3, -0.25) is 15.1 Å². The van der Waals surface area contributed by atoms with Crippen molar-refractivity contribution in [3.05, 3.63) is 58.0 Å². The maximum Gasteiger partial charge on any atom is 0.290 e. The van der Waals surface area contributed by atoms with Crippen LogP contribution >= 0.6 is 0 Å². The molecule has 6 heteroatoms. The van der Waals surface area contributed by atoms with Crippen LogP contribution in [-0.4, -0.2) is 14.9 Å². The Morgan fingerprint density at radius 3 is 2.61 bits per heavy atom. The number of nitrogens with one attached hydrogen (secondary N) is 1. The molecule has 0 spiro atoms. The van der Waals surface area contributed by atoms with E-state index in [4.69, 9.17) is 0 Å². The summed E-state index contributed by atoms with van der Waals surface area (Å²) in [5.41, 5.74) is 1.51. The van der Waals surface area contributed by atoms with Gasteiger partial charge in [0, 0.05) is 25.0 Å². The number of aryl methyl sites for hydroxylation is 1. The molecule has 2 aromatic rings. The lowest BCUT2D eigenvalue weighted by Gasteiger charge is -2.06. The molecule has 0 aliphatic rings. The first-order chi connectivity index (χ1) is 8.66. The van der Waals surface area contributed by atoms with Crippen LogP contribution in [0, 0.1) is 17.0 Å². The van der Waals surface area contributed by atoms with Crippen LogP contribution in [0.2, 0.25) is 0 Å². The Morgan fingerprint density at radius 1 is 1.28 bits per heavy atom. The summed E-state index contributed by atoms with van der Waals surface area (Å²) in [6.07, 6.45) is 3.43. The Balaban J connectivity index is 2.07. The van der Waals surface area contributed by atoms with Crippen molar-refractivity contribution in [3.63, 3.8) is 0 Å². The molecule has 1 N–H and O–H groups in total. The Morgan fingerprint density at radius 2 is 2.00 bits per heavy atom. The van der Waals surface area contributed by atoms with E-state index in [2.05, 4.69) is 15.3 Å². The lowest BCUT2D eigenvalue weighted by atomic mass is 10.2. The monoisotopic (exact) mass is 244 g/mol. The van der Waals surface area contributed by atoms with Gasteiger partial charge in [0.05, 0.1) is 4.92 Å². The summed E-state index contributed by atoms with van der Waals surface area (Å²) in [5.74, 6) is 0.620. The van der Waals surface area contributed by atoms with Crippen molar-refractivity contribution >= 4 is 11.5 Å². The zero-order valence-corrected chi connectivity index (χ0v) is 9.83. The second-order valence-corrected chi connectivity index (χ2v) is 3.77. The topological polar surface area (TPSA) is 81.0 Å². The standard InChI is InChI=1S/C12H12N4O2/c1-9-11(16(17)18)2-3-12(15-9)14-8-10-4-6-13-7-5-10/h2-7H,8H2,1H3,(H,14,15). The van der Waals surface area contributed by atoms with Crippen LogP contribution in [0.15, 0.2) is 36.7 Å². The molecule has 2 rings (SSSR count). The summed E-state index contributed by atoms with van der Waals surface area (Å²) in [7, 11) is 0. The highest BCUT2D eigenvalue weighted by molar-refractivity contribution is 5.45. The third-order valence-electron chi connectivity index (χ3n) is 2.48. The summed E-state index contributed by atoms with van der Waals surface area (Å²) in [4.78, 5) is 18.3. The van der Waals surface area contributed by atoms with Crippen LogP contribution in [0.5, 0.6) is 0 Å². The van der Waals surface area contributed by atoms with Crippen molar-refractivity contribution in [1.82, 2.24) is 9.97 Å². The van der Waals surface area contributed by atoms with Crippen molar-refractivity contribution in [2.24, 2.45) is 0 Å². The van der Waals surface area contributed by atoms with Crippen LogP contribution in [0.25, 0.3) is 0 Å². The normalized spacial score (nSPS) is 10.1. The van der Waals surface area contributed by atoms with Crippen molar-refractivity contribution in [3.8, 4) is 0 Å². The molecule has 0 aliphatic heterocycles. The molecular weight excluding hydrogens is 232 g/mol. The minimum atomic E-state index is -0.436. The molecule has 0 amide bonds. The Bertz CT molecular complexity index is 557. The predicted octanol–water partition coefficient (Wildman–Crippen LogP) is 2.31. The minimum absolute atomic E-state index is 0.0319. The van der Waals surface area contributed by atoms with Crippen molar-refractivity contribution < 1.29 is 4.92 Å². The van der Waals surface area contributed by atoms with Crippen LogP contribution < -0.4 is 5.32 Å². The number of nitro groups is 1. The van der Waals surface area contributed by atoms with Gasteiger partial charge in [0.2, 0.25) is 0 Å². The second kappa shape index (κ2) is 5.22. The minimum Gasteiger partial charge on any atom is -0.366 e. The quantitative estimate of drug-likeness (QED) is 0.659. The molecule has 0 aliphatic carbocycles. The van der Waals surface area contributed by atoms with Crippen molar-refractivity contribution in [2.75, 3.05) is 5.32 Å². The molecular formula is C12H12N4O2. The van der Waals surface area contributed by atoms with Gasteiger partial charge in [0.1, 0.15) is 11.5 Å². The summed E-state index contributed by atoms with van der Waals surface area (Å²) in [5, 5.41) is 13.8. The van der Waals surface area contributed by atoms with Crippen LogP contribution in [0.3, 0.4) is 0 Å². The van der Waals surface area contributed by atoms with Crippen LogP contribution in [0.1, 0.15) is 11.3 Å². The largest absolute Gasteiger partial charge is 0.366 e. The van der Waals surface area contributed by atoms with E-state index < -0.39 is 4.92 Å². The van der Waals surface area contributed by atoms with Gasteiger partial charge in [0.25, 0.3) is 5.69 Å². The first kappa shape index (κ1) is 12.0. The van der Waals surface area contributed by atoms with E-state index in [0.717, 1.165) is 5.56 Å². The maximum atomic E-state index is 10.7. The third-order valence-corrected chi connectivity index (χ3v) is 2.48. The van der Waals surface area contributed by atoms with Gasteiger partial charge >= 0.3 is 0 Å². The van der Waals surface area contributed by atoms with E-state index in [9.17, 15) is 10.1 Å². The fraction of sp³-hybridized carbons (Fsp3) is 0.167. The van der Waals surface area contributed by atoms with E-state index in [1.54, 1.807) is 25.4 Å². The third kappa shape index (κ3) is 2.79. The molecule has 18 heavy (non-hydrogen) atoms. The molecule has 6 nitrogen and oxygen atoms in total. The van der Waals surface area contributed by atoms with Gasteiger partial charge in [0.15, 0.2) is 0 Å². The van der Waals surface area contributed by atoms with Gasteiger partial charge < -0.3 is 5.32 Å². The highest BCUT2D eigenvalue weighted by atomic mass is 16.6. The molecule has 0 unspecified atom stereocenters. The summed E-state index contributed by atoms with van der Waals surface area (Å²) < 4.78 is 0. The van der Waals surface area contributed by atoms with E-state index in [1.807, 2.05) is 12.1 Å². The Hall–Kier alpha value is -2.50. The van der Waals surface area contributed by atoms with Gasteiger partial charge in [-0.15, -0.1) is 0 Å². The zero-order valence-electron chi connectivity index (χ0n) is 9.83. The molecule has 0 saturated carbocycles. The lowest BCUT2D eigenvalue weighted by molar-refractivity contribution is -0.385. The van der Waals surface area contributed by atoms with Gasteiger partial charge in [-0.1, -0.05) is 0 Å². The summed E-state index contributed by atoms with van der Waals surface area (Å²) >= 11 is 0. The van der Waals surface area contributed by atoms with Gasteiger partial charge in [-0.25, -0.2) is 4.98 Å². The average molecular weight is 244 g/mol. The van der Waals surface area contributed by atoms with Crippen LogP contribution in [0.4, 0.5) is 11.5 Å². The highest BCUT2D eigenvalue weighted by Gasteiger charge is 2.11. The zero-order chi connectivity index (χ0) is 13.0. The Labute approximate surface area is 104 Å². The number of nitrogens with zero attached hydrogens (tertiary/aromatic N) is 3. The smallest absolute Gasteiger partial charge is 0.290 e. The predicted molar refractivity (Wildman–Crippen MR) is 67.2 cm³/mol. The number of rotatable bonds is 4. The number of pyridine rings is 2. The number of aromatic nitrogens is 2. The number of hydrogen-bond acceptors (Lipinski definition) is 5. The second-order valence-electron chi connectivity index (χ2n) is 3.77. The van der Waals surface area contributed by atoms with Crippen molar-refractivity contribution in [1.29, 1.82) is 0 Å². The SMILES string of the molecule is Cc1nc(NCc2ccncc2)ccc1[N+](=O)[O-]. The first-order valence-electron chi connectivity index (χ1n) is 5.41. The van der Waals surface area contributed by atoms with Gasteiger partial charge in [-0.2, -0.15) is 0 Å². The van der Waals surface area contributed by atoms with Crippen LogP contribution in [-0.2, 0) is 6.54 Å². The van der Waals surface area contributed by atoms with E-state index >= 15 is 0 Å². The molecule has 0 atom stereocenters. The van der Waals surface area contributed by atoms with Gasteiger partial charge in [-0.05, 0) is 30.7 Å². The molecule has 2 heterocycles. The average Bonchev–Trinajstić information content (AvgIpc) is 2.37. The molecule has 92 valence electrons. The summed E-state index contributed by atoms with van der Waals surface area (Å²) in [6, 6.07) is 6.85. The molecule has 0 fully saturated rings. The van der Waals surface area contributed by atoms with E-state index in [-0.39, 0.29) is 5.69 Å². The first-order valence-corrected chi connectivity index (χ1v) is 5.41. The highest BCUT2D eigenvalue weighted by Crippen LogP contribution is 2.18. The van der Waals surface area contributed by atoms with E-state index in [0.29, 0.717) is 18.1 Å². The number of anilines is 1. The maximum absolute atomic E-state index is 10.7. The number of hydrogen-bond donors (Lipinski definition) is 1. The summed E-state index contributed by atoms with van der Waals surface area (Å²) in [6.45, 7) is 2.22. The fourth-order valence-electron chi connectivity index (χ4n) is 1.54. The Kier molecular flexibility index (Phi) is 3.47. The molecule has 0 bridgehead atoms. The molecule has 0 aromatic carbocycles. The lowest BCUT2D eigenvalue weighted by Crippen LogP contribution is -2.03. The van der Waals surface area contributed by atoms with Crippen molar-refractivity contribution in [2.45, 2.75) is 13.5 Å². The molecule has 0 radical (unpaired) electrons. The molecule has 2 aromatic heterocycles. The van der Waals surface area contributed by atoms with E-state index in [1.165, 1.54) is 6.07 Å². The fourth-order valence-corrected chi connectivity index (χ4v) is 1.54.